The molecule has 1 N–H and O–H groups in total. The Morgan fingerprint density at radius 3 is 2.50 bits per heavy atom. The first-order valence-electron chi connectivity index (χ1n) is 5.42. The molecule has 3 nitrogen and oxygen atoms in total. The van der Waals surface area contributed by atoms with Gasteiger partial charge in [0.2, 0.25) is 0 Å². The first-order valence-corrected chi connectivity index (χ1v) is 5.42. The molecular weight excluding hydrogens is 180 g/mol. The molecule has 0 aliphatic carbocycles. The number of rotatable bonds is 8. The van der Waals surface area contributed by atoms with Crippen LogP contribution in [-0.2, 0) is 9.53 Å². The molecule has 2 atom stereocenters. The minimum atomic E-state index is -0.717. The van der Waals surface area contributed by atoms with E-state index < -0.39 is 5.97 Å². The van der Waals surface area contributed by atoms with Crippen LogP contribution in [0.4, 0.5) is 0 Å². The van der Waals surface area contributed by atoms with Crippen LogP contribution in [-0.4, -0.2) is 23.8 Å². The monoisotopic (exact) mass is 202 g/mol. The number of hydrogen-bond acceptors (Lipinski definition) is 2. The lowest BCUT2D eigenvalue weighted by Gasteiger charge is -2.13. The zero-order valence-electron chi connectivity index (χ0n) is 9.45. The SMILES string of the molecule is CCCCOC(C)CCC(C)C(=O)O. The number of aliphatic carboxylic acids is 1. The zero-order chi connectivity index (χ0) is 11.0. The van der Waals surface area contributed by atoms with Gasteiger partial charge in [-0.3, -0.25) is 4.79 Å². The highest BCUT2D eigenvalue weighted by atomic mass is 16.5. The molecule has 14 heavy (non-hydrogen) atoms. The van der Waals surface area contributed by atoms with Crippen LogP contribution >= 0.6 is 0 Å². The Labute approximate surface area is 86.5 Å². The molecule has 0 aromatic rings. The summed E-state index contributed by atoms with van der Waals surface area (Å²) in [7, 11) is 0. The molecular formula is C11H22O3. The van der Waals surface area contributed by atoms with Gasteiger partial charge in [0.05, 0.1) is 12.0 Å². The van der Waals surface area contributed by atoms with E-state index in [4.69, 9.17) is 9.84 Å². The van der Waals surface area contributed by atoms with Crippen LogP contribution in [0.15, 0.2) is 0 Å². The first kappa shape index (κ1) is 13.4. The second-order valence-corrected chi connectivity index (χ2v) is 3.85. The van der Waals surface area contributed by atoms with E-state index in [9.17, 15) is 4.79 Å². The molecule has 0 bridgehead atoms. The molecule has 0 aromatic heterocycles. The van der Waals surface area contributed by atoms with Gasteiger partial charge < -0.3 is 9.84 Å². The van der Waals surface area contributed by atoms with E-state index in [1.807, 2.05) is 6.92 Å². The van der Waals surface area contributed by atoms with Crippen LogP contribution in [0.2, 0.25) is 0 Å². The highest BCUT2D eigenvalue weighted by Gasteiger charge is 2.12. The first-order chi connectivity index (χ1) is 6.57. The molecule has 0 saturated carbocycles. The summed E-state index contributed by atoms with van der Waals surface area (Å²) in [4.78, 5) is 10.5. The lowest BCUT2D eigenvalue weighted by atomic mass is 10.0. The van der Waals surface area contributed by atoms with Gasteiger partial charge in [-0.05, 0) is 26.2 Å². The van der Waals surface area contributed by atoms with Gasteiger partial charge in [0.15, 0.2) is 0 Å². The Bertz CT molecular complexity index is 157. The van der Waals surface area contributed by atoms with Crippen molar-refractivity contribution >= 4 is 5.97 Å². The van der Waals surface area contributed by atoms with Crippen LogP contribution in [0.1, 0.15) is 46.5 Å². The Kier molecular flexibility index (Phi) is 7.48. The van der Waals surface area contributed by atoms with Crippen LogP contribution in [0.3, 0.4) is 0 Å². The number of carboxylic acid groups (broad SMARTS) is 1. The Hall–Kier alpha value is -0.570. The molecule has 0 saturated heterocycles. The van der Waals surface area contributed by atoms with Crippen molar-refractivity contribution in [3.63, 3.8) is 0 Å². The summed E-state index contributed by atoms with van der Waals surface area (Å²) in [5, 5.41) is 8.67. The molecule has 84 valence electrons. The number of ether oxygens (including phenoxy) is 1. The van der Waals surface area contributed by atoms with Gasteiger partial charge in [-0.2, -0.15) is 0 Å². The van der Waals surface area contributed by atoms with Crippen molar-refractivity contribution in [2.75, 3.05) is 6.61 Å². The topological polar surface area (TPSA) is 46.5 Å². The number of unbranched alkanes of at least 4 members (excludes halogenated alkanes) is 1. The molecule has 0 spiro atoms. The maximum Gasteiger partial charge on any atom is 0.306 e. The fourth-order valence-electron chi connectivity index (χ4n) is 1.12. The number of carboxylic acids is 1. The molecule has 0 aliphatic heterocycles. The van der Waals surface area contributed by atoms with E-state index in [1.165, 1.54) is 0 Å². The Balaban J connectivity index is 3.43. The quantitative estimate of drug-likeness (QED) is 0.615. The fraction of sp³-hybridized carbons (Fsp3) is 0.909. The molecule has 0 rings (SSSR count). The third-order valence-corrected chi connectivity index (χ3v) is 2.33. The highest BCUT2D eigenvalue weighted by Crippen LogP contribution is 2.10. The lowest BCUT2D eigenvalue weighted by molar-refractivity contribution is -0.141. The number of carbonyl (C=O) groups is 1. The largest absolute Gasteiger partial charge is 0.481 e. The lowest BCUT2D eigenvalue weighted by Crippen LogP contribution is -2.15. The normalized spacial score (nSPS) is 15.1. The minimum absolute atomic E-state index is 0.184. The smallest absolute Gasteiger partial charge is 0.306 e. The number of hydrogen-bond donors (Lipinski definition) is 1. The maximum absolute atomic E-state index is 10.5. The fourth-order valence-corrected chi connectivity index (χ4v) is 1.12. The molecule has 0 amide bonds. The molecule has 0 heterocycles. The van der Waals surface area contributed by atoms with E-state index in [0.717, 1.165) is 25.9 Å². The van der Waals surface area contributed by atoms with Gasteiger partial charge >= 0.3 is 5.97 Å². The van der Waals surface area contributed by atoms with E-state index in [0.29, 0.717) is 6.42 Å². The van der Waals surface area contributed by atoms with Crippen molar-refractivity contribution in [2.24, 2.45) is 5.92 Å². The molecule has 0 aromatic carbocycles. The van der Waals surface area contributed by atoms with E-state index in [-0.39, 0.29) is 12.0 Å². The predicted molar refractivity (Wildman–Crippen MR) is 56.4 cm³/mol. The minimum Gasteiger partial charge on any atom is -0.481 e. The third kappa shape index (κ3) is 6.89. The van der Waals surface area contributed by atoms with Crippen LogP contribution < -0.4 is 0 Å². The van der Waals surface area contributed by atoms with E-state index >= 15 is 0 Å². The summed E-state index contributed by atoms with van der Waals surface area (Å²) in [5.74, 6) is -0.974. The van der Waals surface area contributed by atoms with Crippen LogP contribution in [0.5, 0.6) is 0 Å². The molecule has 2 unspecified atom stereocenters. The zero-order valence-corrected chi connectivity index (χ0v) is 9.45. The van der Waals surface area contributed by atoms with Crippen LogP contribution in [0.25, 0.3) is 0 Å². The summed E-state index contributed by atoms with van der Waals surface area (Å²) in [6.07, 6.45) is 3.93. The van der Waals surface area contributed by atoms with Gasteiger partial charge in [0.25, 0.3) is 0 Å². The average molecular weight is 202 g/mol. The van der Waals surface area contributed by atoms with Crippen molar-refractivity contribution in [1.29, 1.82) is 0 Å². The van der Waals surface area contributed by atoms with Gasteiger partial charge in [-0.25, -0.2) is 0 Å². The molecule has 0 fully saturated rings. The van der Waals surface area contributed by atoms with Crippen molar-refractivity contribution in [3.8, 4) is 0 Å². The standard InChI is InChI=1S/C11H22O3/c1-4-5-8-14-10(3)7-6-9(2)11(12)13/h9-10H,4-8H2,1-3H3,(H,12,13). The summed E-state index contributed by atoms with van der Waals surface area (Å²) < 4.78 is 5.52. The Morgan fingerprint density at radius 1 is 1.36 bits per heavy atom. The second-order valence-electron chi connectivity index (χ2n) is 3.85. The maximum atomic E-state index is 10.5. The van der Waals surface area contributed by atoms with Crippen molar-refractivity contribution in [1.82, 2.24) is 0 Å². The van der Waals surface area contributed by atoms with Gasteiger partial charge in [0.1, 0.15) is 0 Å². The van der Waals surface area contributed by atoms with Crippen molar-refractivity contribution in [2.45, 2.75) is 52.6 Å². The third-order valence-electron chi connectivity index (χ3n) is 2.33. The highest BCUT2D eigenvalue weighted by molar-refractivity contribution is 5.69. The summed E-state index contributed by atoms with van der Waals surface area (Å²) in [6, 6.07) is 0. The van der Waals surface area contributed by atoms with Crippen molar-refractivity contribution < 1.29 is 14.6 Å². The van der Waals surface area contributed by atoms with Gasteiger partial charge in [-0.15, -0.1) is 0 Å². The molecule has 3 heteroatoms. The summed E-state index contributed by atoms with van der Waals surface area (Å²) in [5.41, 5.74) is 0. The molecule has 0 aliphatic rings. The summed E-state index contributed by atoms with van der Waals surface area (Å²) in [6.45, 7) is 6.66. The Morgan fingerprint density at radius 2 is 2.00 bits per heavy atom. The predicted octanol–water partition coefficient (Wildman–Crippen LogP) is 2.69. The van der Waals surface area contributed by atoms with Crippen molar-refractivity contribution in [3.05, 3.63) is 0 Å². The van der Waals surface area contributed by atoms with Gasteiger partial charge in [0, 0.05) is 6.61 Å². The summed E-state index contributed by atoms with van der Waals surface area (Å²) >= 11 is 0. The van der Waals surface area contributed by atoms with E-state index in [1.54, 1.807) is 6.92 Å². The van der Waals surface area contributed by atoms with Gasteiger partial charge in [-0.1, -0.05) is 20.3 Å². The molecule has 0 radical (unpaired) electrons. The van der Waals surface area contributed by atoms with E-state index in [2.05, 4.69) is 6.92 Å². The second kappa shape index (κ2) is 7.80. The van der Waals surface area contributed by atoms with Crippen LogP contribution in [0, 0.1) is 5.92 Å². The average Bonchev–Trinajstić information content (AvgIpc) is 2.14.